The molecular weight excluding hydrogens is 268 g/mol. The molecule has 2 aromatic carbocycles. The fraction of sp³-hybridized carbons (Fsp3) is 0.333. The van der Waals surface area contributed by atoms with Crippen LogP contribution in [0, 0.1) is 19.8 Å². The second kappa shape index (κ2) is 6.92. The third-order valence-corrected chi connectivity index (χ3v) is 3.92. The SMILES string of the molecule is Cc1ccc(C)c(CC(CO)Cc2cccc(Cl)c2)c1. The first-order valence-electron chi connectivity index (χ1n) is 7.00. The molecule has 0 heterocycles. The van der Waals surface area contributed by atoms with Gasteiger partial charge in [-0.15, -0.1) is 0 Å². The van der Waals surface area contributed by atoms with Crippen molar-refractivity contribution in [1.82, 2.24) is 0 Å². The van der Waals surface area contributed by atoms with E-state index < -0.39 is 0 Å². The zero-order chi connectivity index (χ0) is 14.5. The molecule has 2 aromatic rings. The molecule has 0 saturated heterocycles. The molecule has 0 radical (unpaired) electrons. The van der Waals surface area contributed by atoms with E-state index in [0.29, 0.717) is 0 Å². The fourth-order valence-electron chi connectivity index (χ4n) is 2.53. The molecule has 1 unspecified atom stereocenters. The van der Waals surface area contributed by atoms with Gasteiger partial charge in [0.15, 0.2) is 0 Å². The van der Waals surface area contributed by atoms with Gasteiger partial charge in [0.05, 0.1) is 0 Å². The fourth-order valence-corrected chi connectivity index (χ4v) is 2.74. The summed E-state index contributed by atoms with van der Waals surface area (Å²) in [6.45, 7) is 4.43. The van der Waals surface area contributed by atoms with Gasteiger partial charge in [-0.3, -0.25) is 0 Å². The van der Waals surface area contributed by atoms with Crippen molar-refractivity contribution in [2.45, 2.75) is 26.7 Å². The average molecular weight is 289 g/mol. The van der Waals surface area contributed by atoms with Crippen molar-refractivity contribution in [2.75, 3.05) is 6.61 Å². The molecule has 0 aromatic heterocycles. The van der Waals surface area contributed by atoms with Crippen molar-refractivity contribution < 1.29 is 5.11 Å². The first kappa shape index (κ1) is 15.1. The number of halogens is 1. The van der Waals surface area contributed by atoms with E-state index in [4.69, 9.17) is 11.6 Å². The highest BCUT2D eigenvalue weighted by atomic mass is 35.5. The summed E-state index contributed by atoms with van der Waals surface area (Å²) in [6, 6.07) is 14.4. The highest BCUT2D eigenvalue weighted by Crippen LogP contribution is 2.20. The number of aliphatic hydroxyl groups excluding tert-OH is 1. The van der Waals surface area contributed by atoms with E-state index in [0.717, 1.165) is 17.9 Å². The first-order chi connectivity index (χ1) is 9.58. The number of rotatable bonds is 5. The van der Waals surface area contributed by atoms with Crippen LogP contribution in [-0.2, 0) is 12.8 Å². The lowest BCUT2D eigenvalue weighted by Gasteiger charge is -2.16. The minimum atomic E-state index is 0.194. The Morgan fingerprint density at radius 3 is 2.55 bits per heavy atom. The Kier molecular flexibility index (Phi) is 5.22. The lowest BCUT2D eigenvalue weighted by atomic mass is 9.90. The summed E-state index contributed by atoms with van der Waals surface area (Å²) in [5.41, 5.74) is 5.07. The Hall–Kier alpha value is -1.31. The largest absolute Gasteiger partial charge is 0.396 e. The third kappa shape index (κ3) is 4.09. The molecule has 0 aliphatic rings. The van der Waals surface area contributed by atoms with E-state index in [1.165, 1.54) is 22.3 Å². The topological polar surface area (TPSA) is 20.2 Å². The Balaban J connectivity index is 2.11. The summed E-state index contributed by atoms with van der Waals surface area (Å²) in [4.78, 5) is 0. The van der Waals surface area contributed by atoms with E-state index >= 15 is 0 Å². The maximum Gasteiger partial charge on any atom is 0.0465 e. The van der Waals surface area contributed by atoms with Crippen LogP contribution in [0.1, 0.15) is 22.3 Å². The number of benzene rings is 2. The van der Waals surface area contributed by atoms with Crippen LogP contribution in [0.5, 0.6) is 0 Å². The molecular formula is C18H21ClO. The minimum Gasteiger partial charge on any atom is -0.396 e. The van der Waals surface area contributed by atoms with Gasteiger partial charge in [0.1, 0.15) is 0 Å². The highest BCUT2D eigenvalue weighted by Gasteiger charge is 2.11. The van der Waals surface area contributed by atoms with Gasteiger partial charge in [0, 0.05) is 11.6 Å². The summed E-state index contributed by atoms with van der Waals surface area (Å²) in [6.07, 6.45) is 1.75. The first-order valence-corrected chi connectivity index (χ1v) is 7.37. The molecule has 0 bridgehead atoms. The monoisotopic (exact) mass is 288 g/mol. The molecule has 2 rings (SSSR count). The second-order valence-corrected chi connectivity index (χ2v) is 5.95. The Labute approximate surface area is 126 Å². The molecule has 0 amide bonds. The van der Waals surface area contributed by atoms with Crippen LogP contribution < -0.4 is 0 Å². The van der Waals surface area contributed by atoms with Crippen LogP contribution in [0.25, 0.3) is 0 Å². The van der Waals surface area contributed by atoms with E-state index in [-0.39, 0.29) is 12.5 Å². The molecule has 2 heteroatoms. The molecule has 0 aliphatic heterocycles. The van der Waals surface area contributed by atoms with Crippen LogP contribution in [0.2, 0.25) is 5.02 Å². The summed E-state index contributed by atoms with van der Waals surface area (Å²) in [5.74, 6) is 0.231. The Morgan fingerprint density at radius 1 is 1.05 bits per heavy atom. The third-order valence-electron chi connectivity index (χ3n) is 3.68. The zero-order valence-electron chi connectivity index (χ0n) is 12.1. The van der Waals surface area contributed by atoms with Gasteiger partial charge >= 0.3 is 0 Å². The van der Waals surface area contributed by atoms with Gasteiger partial charge in [0.25, 0.3) is 0 Å². The van der Waals surface area contributed by atoms with Crippen LogP contribution in [0.15, 0.2) is 42.5 Å². The smallest absolute Gasteiger partial charge is 0.0465 e. The molecule has 1 nitrogen and oxygen atoms in total. The van der Waals surface area contributed by atoms with Gasteiger partial charge in [-0.25, -0.2) is 0 Å². The Bertz CT molecular complexity index is 577. The van der Waals surface area contributed by atoms with Crippen LogP contribution in [-0.4, -0.2) is 11.7 Å². The second-order valence-electron chi connectivity index (χ2n) is 5.52. The normalized spacial score (nSPS) is 12.4. The zero-order valence-corrected chi connectivity index (χ0v) is 12.8. The molecule has 0 aliphatic carbocycles. The number of hydrogen-bond donors (Lipinski definition) is 1. The predicted octanol–water partition coefficient (Wildman–Crippen LogP) is 4.35. The van der Waals surface area contributed by atoms with Crippen LogP contribution in [0.4, 0.5) is 0 Å². The molecule has 0 fully saturated rings. The van der Waals surface area contributed by atoms with Crippen LogP contribution >= 0.6 is 11.6 Å². The van der Waals surface area contributed by atoms with E-state index in [1.54, 1.807) is 0 Å². The minimum absolute atomic E-state index is 0.194. The van der Waals surface area contributed by atoms with Crippen molar-refractivity contribution in [1.29, 1.82) is 0 Å². The van der Waals surface area contributed by atoms with E-state index in [9.17, 15) is 5.11 Å². The van der Waals surface area contributed by atoms with E-state index in [1.807, 2.05) is 18.2 Å². The van der Waals surface area contributed by atoms with Crippen LogP contribution in [0.3, 0.4) is 0 Å². The maximum absolute atomic E-state index is 9.65. The predicted molar refractivity (Wildman–Crippen MR) is 85.4 cm³/mol. The number of hydrogen-bond acceptors (Lipinski definition) is 1. The average Bonchev–Trinajstić information content (AvgIpc) is 2.42. The van der Waals surface area contributed by atoms with Gasteiger partial charge in [0.2, 0.25) is 0 Å². The Morgan fingerprint density at radius 2 is 1.85 bits per heavy atom. The van der Waals surface area contributed by atoms with Crippen molar-refractivity contribution >= 4 is 11.6 Å². The van der Waals surface area contributed by atoms with Gasteiger partial charge in [-0.1, -0.05) is 47.5 Å². The van der Waals surface area contributed by atoms with Gasteiger partial charge in [-0.05, 0) is 61.4 Å². The van der Waals surface area contributed by atoms with Crippen molar-refractivity contribution in [3.05, 3.63) is 69.7 Å². The maximum atomic E-state index is 9.65. The number of aliphatic hydroxyl groups is 1. The summed E-state index contributed by atoms with van der Waals surface area (Å²) >= 11 is 6.02. The summed E-state index contributed by atoms with van der Waals surface area (Å²) in [7, 11) is 0. The lowest BCUT2D eigenvalue weighted by Crippen LogP contribution is -2.13. The summed E-state index contributed by atoms with van der Waals surface area (Å²) in [5, 5.41) is 10.4. The molecule has 106 valence electrons. The summed E-state index contributed by atoms with van der Waals surface area (Å²) < 4.78 is 0. The van der Waals surface area contributed by atoms with Gasteiger partial charge in [-0.2, -0.15) is 0 Å². The van der Waals surface area contributed by atoms with Gasteiger partial charge < -0.3 is 5.11 Å². The quantitative estimate of drug-likeness (QED) is 0.867. The molecule has 0 saturated carbocycles. The molecule has 1 N–H and O–H groups in total. The van der Waals surface area contributed by atoms with Crippen molar-refractivity contribution in [3.8, 4) is 0 Å². The molecule has 20 heavy (non-hydrogen) atoms. The van der Waals surface area contributed by atoms with Crippen molar-refractivity contribution in [2.24, 2.45) is 5.92 Å². The highest BCUT2D eigenvalue weighted by molar-refractivity contribution is 6.30. The molecule has 1 atom stereocenters. The number of aryl methyl sites for hydroxylation is 2. The molecule has 0 spiro atoms. The standard InChI is InChI=1S/C18H21ClO/c1-13-6-7-14(2)17(8-13)10-16(12-20)9-15-4-3-5-18(19)11-15/h3-8,11,16,20H,9-10,12H2,1-2H3. The van der Waals surface area contributed by atoms with Crippen molar-refractivity contribution in [3.63, 3.8) is 0 Å². The van der Waals surface area contributed by atoms with E-state index in [2.05, 4.69) is 38.1 Å². The lowest BCUT2D eigenvalue weighted by molar-refractivity contribution is 0.225.